The largest absolute Gasteiger partial charge is 0.370 e. The molecule has 0 radical (unpaired) electrons. The highest BCUT2D eigenvalue weighted by Gasteiger charge is 2.17. The van der Waals surface area contributed by atoms with Crippen molar-refractivity contribution in [2.75, 3.05) is 18.0 Å². The molecule has 3 heteroatoms. The molecule has 0 amide bonds. The number of carbonyl (C=O) groups is 1. The minimum absolute atomic E-state index is 0.383. The van der Waals surface area contributed by atoms with Gasteiger partial charge in [-0.3, -0.25) is 4.79 Å². The Bertz CT molecular complexity index is 341. The third kappa shape index (κ3) is 1.98. The van der Waals surface area contributed by atoms with E-state index in [1.165, 1.54) is 5.69 Å². The average molecular weight is 254 g/mol. The van der Waals surface area contributed by atoms with Crippen molar-refractivity contribution in [3.63, 3.8) is 0 Å². The molecular weight excluding hydrogens is 242 g/mol. The number of hydrogen-bond donors (Lipinski definition) is 0. The average Bonchev–Trinajstić information content (AvgIpc) is 2.20. The molecule has 2 nitrogen and oxygen atoms in total. The Morgan fingerprint density at radius 1 is 1.14 bits per heavy atom. The lowest BCUT2D eigenvalue weighted by atomic mass is 10.1. The van der Waals surface area contributed by atoms with E-state index >= 15 is 0 Å². The number of halogens is 1. The molecule has 1 heterocycles. The van der Waals surface area contributed by atoms with Crippen molar-refractivity contribution in [3.05, 3.63) is 28.7 Å². The maximum absolute atomic E-state index is 11.1. The summed E-state index contributed by atoms with van der Waals surface area (Å²) in [5.41, 5.74) is 1.19. The fourth-order valence-corrected chi connectivity index (χ4v) is 2.24. The van der Waals surface area contributed by atoms with E-state index in [0.29, 0.717) is 18.6 Å². The molecule has 0 spiro atoms. The van der Waals surface area contributed by atoms with Gasteiger partial charge in [-0.25, -0.2) is 0 Å². The summed E-state index contributed by atoms with van der Waals surface area (Å²) in [6.45, 7) is 1.70. The standard InChI is InChI=1S/C11H12BrNO/c12-10-3-1-2-4-11(10)13-7-5-9(14)6-8-13/h1-4H,5-8H2. The van der Waals surface area contributed by atoms with Crippen molar-refractivity contribution in [1.29, 1.82) is 0 Å². The molecule has 0 atom stereocenters. The number of piperidine rings is 1. The first kappa shape index (κ1) is 9.71. The molecule has 0 unspecified atom stereocenters. The Morgan fingerprint density at radius 2 is 1.79 bits per heavy atom. The predicted octanol–water partition coefficient (Wildman–Crippen LogP) is 2.62. The Hall–Kier alpha value is -0.830. The molecule has 1 saturated heterocycles. The number of hydrogen-bond acceptors (Lipinski definition) is 2. The minimum Gasteiger partial charge on any atom is -0.370 e. The molecule has 1 aromatic carbocycles. The monoisotopic (exact) mass is 253 g/mol. The molecule has 1 aliphatic heterocycles. The molecule has 14 heavy (non-hydrogen) atoms. The van der Waals surface area contributed by atoms with Gasteiger partial charge in [-0.15, -0.1) is 0 Å². The Balaban J connectivity index is 2.16. The van der Waals surface area contributed by atoms with Crippen LogP contribution in [-0.2, 0) is 4.79 Å². The van der Waals surface area contributed by atoms with Crippen LogP contribution in [0.25, 0.3) is 0 Å². The molecule has 1 aromatic rings. The zero-order valence-corrected chi connectivity index (χ0v) is 9.46. The van der Waals surface area contributed by atoms with Crippen molar-refractivity contribution < 1.29 is 4.79 Å². The van der Waals surface area contributed by atoms with Gasteiger partial charge in [0, 0.05) is 30.4 Å². The Labute approximate surface area is 92.0 Å². The summed E-state index contributed by atoms with van der Waals surface area (Å²) >= 11 is 3.52. The first-order chi connectivity index (χ1) is 6.77. The highest BCUT2D eigenvalue weighted by Crippen LogP contribution is 2.27. The number of rotatable bonds is 1. The van der Waals surface area contributed by atoms with E-state index in [0.717, 1.165) is 17.6 Å². The second-order valence-electron chi connectivity index (χ2n) is 3.48. The topological polar surface area (TPSA) is 20.3 Å². The van der Waals surface area contributed by atoms with E-state index in [9.17, 15) is 4.79 Å². The quantitative estimate of drug-likeness (QED) is 0.767. The van der Waals surface area contributed by atoms with Gasteiger partial charge in [-0.2, -0.15) is 0 Å². The molecule has 0 N–H and O–H groups in total. The molecule has 1 aliphatic rings. The van der Waals surface area contributed by atoms with Gasteiger partial charge in [0.05, 0.1) is 5.69 Å². The SMILES string of the molecule is O=C1CCN(c2ccccc2Br)CC1. The van der Waals surface area contributed by atoms with Crippen molar-refractivity contribution in [2.45, 2.75) is 12.8 Å². The first-order valence-electron chi connectivity index (χ1n) is 4.78. The number of Topliss-reactive ketones (excluding diaryl/α,β-unsaturated/α-hetero) is 1. The minimum atomic E-state index is 0.383. The van der Waals surface area contributed by atoms with Crippen molar-refractivity contribution in [1.82, 2.24) is 0 Å². The molecule has 1 fully saturated rings. The van der Waals surface area contributed by atoms with Crippen LogP contribution >= 0.6 is 15.9 Å². The van der Waals surface area contributed by atoms with E-state index in [4.69, 9.17) is 0 Å². The van der Waals surface area contributed by atoms with Gasteiger partial charge in [0.25, 0.3) is 0 Å². The smallest absolute Gasteiger partial charge is 0.136 e. The summed E-state index contributed by atoms with van der Waals surface area (Å²) in [6, 6.07) is 8.14. The van der Waals surface area contributed by atoms with Crippen LogP contribution in [-0.4, -0.2) is 18.9 Å². The van der Waals surface area contributed by atoms with Gasteiger partial charge < -0.3 is 4.90 Å². The summed E-state index contributed by atoms with van der Waals surface area (Å²) in [6.07, 6.45) is 1.36. The Kier molecular flexibility index (Phi) is 2.87. The van der Waals surface area contributed by atoms with Crippen LogP contribution < -0.4 is 4.90 Å². The molecule has 0 aromatic heterocycles. The first-order valence-corrected chi connectivity index (χ1v) is 5.58. The van der Waals surface area contributed by atoms with Gasteiger partial charge >= 0.3 is 0 Å². The highest BCUT2D eigenvalue weighted by molar-refractivity contribution is 9.10. The molecule has 0 bridgehead atoms. The zero-order valence-electron chi connectivity index (χ0n) is 7.87. The number of benzene rings is 1. The predicted molar refractivity (Wildman–Crippen MR) is 60.6 cm³/mol. The number of anilines is 1. The van der Waals surface area contributed by atoms with Crippen LogP contribution in [0.2, 0.25) is 0 Å². The second kappa shape index (κ2) is 4.13. The van der Waals surface area contributed by atoms with Gasteiger partial charge in [-0.1, -0.05) is 12.1 Å². The van der Waals surface area contributed by atoms with Gasteiger partial charge in [-0.05, 0) is 28.1 Å². The third-order valence-corrected chi connectivity index (χ3v) is 3.18. The molecule has 2 rings (SSSR count). The van der Waals surface area contributed by atoms with E-state index in [1.54, 1.807) is 0 Å². The lowest BCUT2D eigenvalue weighted by molar-refractivity contribution is -0.119. The molecule has 0 saturated carbocycles. The maximum Gasteiger partial charge on any atom is 0.136 e. The normalized spacial score (nSPS) is 17.2. The zero-order chi connectivity index (χ0) is 9.97. The van der Waals surface area contributed by atoms with Gasteiger partial charge in [0.1, 0.15) is 5.78 Å². The van der Waals surface area contributed by atoms with Crippen molar-refractivity contribution in [3.8, 4) is 0 Å². The summed E-state index contributed by atoms with van der Waals surface area (Å²) in [5.74, 6) is 0.383. The summed E-state index contributed by atoms with van der Waals surface area (Å²) in [7, 11) is 0. The van der Waals surface area contributed by atoms with Gasteiger partial charge in [0.15, 0.2) is 0 Å². The van der Waals surface area contributed by atoms with Crippen LogP contribution in [0.1, 0.15) is 12.8 Å². The number of nitrogens with zero attached hydrogens (tertiary/aromatic N) is 1. The van der Waals surface area contributed by atoms with E-state index in [1.807, 2.05) is 18.2 Å². The summed E-state index contributed by atoms with van der Waals surface area (Å²) in [5, 5.41) is 0. The van der Waals surface area contributed by atoms with Crippen molar-refractivity contribution >= 4 is 27.4 Å². The lowest BCUT2D eigenvalue weighted by Crippen LogP contribution is -2.33. The molecular formula is C11H12BrNO. The summed E-state index contributed by atoms with van der Waals surface area (Å²) in [4.78, 5) is 13.3. The Morgan fingerprint density at radius 3 is 2.43 bits per heavy atom. The molecule has 0 aliphatic carbocycles. The second-order valence-corrected chi connectivity index (χ2v) is 4.33. The van der Waals surface area contributed by atoms with Crippen LogP contribution in [0, 0.1) is 0 Å². The third-order valence-electron chi connectivity index (χ3n) is 2.51. The van der Waals surface area contributed by atoms with E-state index in [2.05, 4.69) is 26.9 Å². The van der Waals surface area contributed by atoms with Gasteiger partial charge in [0.2, 0.25) is 0 Å². The van der Waals surface area contributed by atoms with Crippen LogP contribution in [0.5, 0.6) is 0 Å². The molecule has 74 valence electrons. The number of carbonyl (C=O) groups excluding carboxylic acids is 1. The number of para-hydroxylation sites is 1. The lowest BCUT2D eigenvalue weighted by Gasteiger charge is -2.28. The van der Waals surface area contributed by atoms with E-state index in [-0.39, 0.29) is 0 Å². The van der Waals surface area contributed by atoms with Crippen molar-refractivity contribution in [2.24, 2.45) is 0 Å². The summed E-state index contributed by atoms with van der Waals surface area (Å²) < 4.78 is 1.11. The fourth-order valence-electron chi connectivity index (χ4n) is 1.71. The maximum atomic E-state index is 11.1. The van der Waals surface area contributed by atoms with Crippen LogP contribution in [0.3, 0.4) is 0 Å². The number of ketones is 1. The van der Waals surface area contributed by atoms with Crippen LogP contribution in [0.4, 0.5) is 5.69 Å². The van der Waals surface area contributed by atoms with Crippen LogP contribution in [0.15, 0.2) is 28.7 Å². The highest BCUT2D eigenvalue weighted by atomic mass is 79.9. The van der Waals surface area contributed by atoms with E-state index < -0.39 is 0 Å². The fraction of sp³-hybridized carbons (Fsp3) is 0.364.